The Morgan fingerprint density at radius 2 is 1.48 bits per heavy atom. The lowest BCUT2D eigenvalue weighted by molar-refractivity contribution is 0.765. The molecule has 29 heavy (non-hydrogen) atoms. The molecule has 7 nitrogen and oxygen atoms in total. The molecular weight excluding hydrogens is 362 g/mol. The highest BCUT2D eigenvalue weighted by atomic mass is 15.3. The zero-order valence-corrected chi connectivity index (χ0v) is 16.0. The van der Waals surface area contributed by atoms with E-state index in [0.717, 1.165) is 49.8 Å². The molecule has 4 aromatic rings. The summed E-state index contributed by atoms with van der Waals surface area (Å²) in [5.41, 5.74) is 1.89. The Bertz CT molecular complexity index is 1120. The molecule has 0 amide bonds. The summed E-state index contributed by atoms with van der Waals surface area (Å²) in [7, 11) is 0. The first kappa shape index (κ1) is 17.5. The highest BCUT2D eigenvalue weighted by Crippen LogP contribution is 2.24. The summed E-state index contributed by atoms with van der Waals surface area (Å²) < 4.78 is 0. The van der Waals surface area contributed by atoms with E-state index < -0.39 is 0 Å². The van der Waals surface area contributed by atoms with Crippen LogP contribution >= 0.6 is 0 Å². The third-order valence-electron chi connectivity index (χ3n) is 5.21. The lowest BCUT2D eigenvalue weighted by Crippen LogP contribution is -2.32. The van der Waals surface area contributed by atoms with Crippen LogP contribution in [0.4, 0.5) is 11.9 Å². The fourth-order valence-electron chi connectivity index (χ4n) is 3.69. The highest BCUT2D eigenvalue weighted by molar-refractivity contribution is 5.86. The molecule has 1 aliphatic rings. The van der Waals surface area contributed by atoms with Gasteiger partial charge in [-0.05, 0) is 29.3 Å². The van der Waals surface area contributed by atoms with Crippen molar-refractivity contribution in [1.82, 2.24) is 25.1 Å². The molecule has 0 radical (unpaired) electrons. The van der Waals surface area contributed by atoms with Gasteiger partial charge < -0.3 is 9.80 Å². The van der Waals surface area contributed by atoms with E-state index in [1.807, 2.05) is 6.07 Å². The number of anilines is 2. The van der Waals surface area contributed by atoms with Crippen molar-refractivity contribution in [2.75, 3.05) is 36.0 Å². The van der Waals surface area contributed by atoms with E-state index >= 15 is 0 Å². The second-order valence-corrected chi connectivity index (χ2v) is 7.08. The predicted molar refractivity (Wildman–Crippen MR) is 114 cm³/mol. The Morgan fingerprint density at radius 1 is 0.724 bits per heavy atom. The third-order valence-corrected chi connectivity index (χ3v) is 5.21. The second-order valence-electron chi connectivity index (χ2n) is 7.08. The summed E-state index contributed by atoms with van der Waals surface area (Å²) in [6.07, 6.45) is 6.29. The molecule has 2 aromatic carbocycles. The zero-order chi connectivity index (χ0) is 19.5. The van der Waals surface area contributed by atoms with Gasteiger partial charge in [-0.3, -0.25) is 0 Å². The maximum atomic E-state index is 4.82. The number of rotatable bonds is 3. The number of hydrogen-bond donors (Lipinski definition) is 0. The van der Waals surface area contributed by atoms with Gasteiger partial charge in [-0.15, -0.1) is 5.10 Å². The van der Waals surface area contributed by atoms with Crippen molar-refractivity contribution in [3.63, 3.8) is 0 Å². The lowest BCUT2D eigenvalue weighted by atomic mass is 10.1. The molecule has 1 saturated heterocycles. The number of fused-ring (bicyclic) bond motifs is 1. The van der Waals surface area contributed by atoms with Crippen LogP contribution in [0, 0.1) is 0 Å². The minimum Gasteiger partial charge on any atom is -0.339 e. The van der Waals surface area contributed by atoms with Crippen LogP contribution in [0.5, 0.6) is 0 Å². The molecule has 0 bridgehead atoms. The van der Waals surface area contributed by atoms with Crippen LogP contribution in [0.3, 0.4) is 0 Å². The molecule has 144 valence electrons. The van der Waals surface area contributed by atoms with E-state index in [1.54, 1.807) is 18.6 Å². The molecule has 0 unspecified atom stereocenters. The summed E-state index contributed by atoms with van der Waals surface area (Å²) in [4.78, 5) is 18.0. The molecule has 5 rings (SSSR count). The van der Waals surface area contributed by atoms with Crippen LogP contribution in [-0.2, 0) is 0 Å². The van der Waals surface area contributed by atoms with Crippen LogP contribution in [0.2, 0.25) is 0 Å². The van der Waals surface area contributed by atoms with Crippen LogP contribution < -0.4 is 9.80 Å². The van der Waals surface area contributed by atoms with Gasteiger partial charge >= 0.3 is 0 Å². The molecule has 3 heterocycles. The fourth-order valence-corrected chi connectivity index (χ4v) is 3.69. The van der Waals surface area contributed by atoms with Crippen LogP contribution in [0.15, 0.2) is 67.1 Å². The minimum atomic E-state index is 0.673. The Morgan fingerprint density at radius 3 is 2.31 bits per heavy atom. The van der Waals surface area contributed by atoms with Crippen molar-refractivity contribution in [3.8, 4) is 11.3 Å². The van der Waals surface area contributed by atoms with Crippen LogP contribution in [0.1, 0.15) is 6.42 Å². The standard InChI is InChI=1S/C22H21N7/c1-2-6-18-15-19(8-7-17(18)5-1)20-16-25-27-22(26-20)29-12-4-11-28(13-14-29)21-23-9-3-10-24-21/h1-3,5-10,15-16H,4,11-14H2. The molecule has 2 aromatic heterocycles. The van der Waals surface area contributed by atoms with Gasteiger partial charge in [-0.2, -0.15) is 5.10 Å². The molecule has 0 spiro atoms. The highest BCUT2D eigenvalue weighted by Gasteiger charge is 2.19. The van der Waals surface area contributed by atoms with E-state index in [0.29, 0.717) is 5.95 Å². The maximum Gasteiger partial charge on any atom is 0.245 e. The van der Waals surface area contributed by atoms with Crippen molar-refractivity contribution < 1.29 is 0 Å². The first-order valence-electron chi connectivity index (χ1n) is 9.83. The van der Waals surface area contributed by atoms with Gasteiger partial charge in [0.25, 0.3) is 0 Å². The third kappa shape index (κ3) is 3.71. The topological polar surface area (TPSA) is 70.9 Å². The van der Waals surface area contributed by atoms with Gasteiger partial charge in [-0.1, -0.05) is 36.4 Å². The number of nitrogens with zero attached hydrogens (tertiary/aromatic N) is 7. The molecule has 0 aliphatic carbocycles. The van der Waals surface area contributed by atoms with E-state index in [2.05, 4.69) is 72.4 Å². The fraction of sp³-hybridized carbons (Fsp3) is 0.227. The van der Waals surface area contributed by atoms with E-state index in [4.69, 9.17) is 4.98 Å². The summed E-state index contributed by atoms with van der Waals surface area (Å²) >= 11 is 0. The Kier molecular flexibility index (Phi) is 4.70. The molecule has 0 atom stereocenters. The summed E-state index contributed by atoms with van der Waals surface area (Å²) in [6, 6.07) is 16.5. The monoisotopic (exact) mass is 383 g/mol. The lowest BCUT2D eigenvalue weighted by Gasteiger charge is -2.21. The largest absolute Gasteiger partial charge is 0.339 e. The first-order valence-corrected chi connectivity index (χ1v) is 9.83. The van der Waals surface area contributed by atoms with Crippen LogP contribution in [-0.4, -0.2) is 51.3 Å². The summed E-state index contributed by atoms with van der Waals surface area (Å²) in [6.45, 7) is 3.43. The first-order chi connectivity index (χ1) is 14.4. The average molecular weight is 383 g/mol. The summed E-state index contributed by atoms with van der Waals surface area (Å²) in [5, 5.41) is 10.9. The van der Waals surface area contributed by atoms with Crippen molar-refractivity contribution >= 4 is 22.7 Å². The number of hydrogen-bond acceptors (Lipinski definition) is 7. The normalized spacial score (nSPS) is 14.8. The Balaban J connectivity index is 1.38. The number of benzene rings is 2. The predicted octanol–water partition coefficient (Wildman–Crippen LogP) is 3.20. The van der Waals surface area contributed by atoms with Crippen molar-refractivity contribution in [2.45, 2.75) is 6.42 Å². The number of aromatic nitrogens is 5. The average Bonchev–Trinajstić information content (AvgIpc) is 3.06. The molecule has 1 aliphatic heterocycles. The quantitative estimate of drug-likeness (QED) is 0.538. The van der Waals surface area contributed by atoms with Gasteiger partial charge in [0.1, 0.15) is 0 Å². The molecule has 1 fully saturated rings. The smallest absolute Gasteiger partial charge is 0.245 e. The van der Waals surface area contributed by atoms with Crippen molar-refractivity contribution in [3.05, 3.63) is 67.1 Å². The van der Waals surface area contributed by atoms with Crippen molar-refractivity contribution in [2.24, 2.45) is 0 Å². The van der Waals surface area contributed by atoms with Gasteiger partial charge in [-0.25, -0.2) is 15.0 Å². The van der Waals surface area contributed by atoms with E-state index in [9.17, 15) is 0 Å². The second kappa shape index (κ2) is 7.79. The summed E-state index contributed by atoms with van der Waals surface area (Å²) in [5.74, 6) is 1.45. The molecule has 0 saturated carbocycles. The minimum absolute atomic E-state index is 0.673. The van der Waals surface area contributed by atoms with Gasteiger partial charge in [0.2, 0.25) is 11.9 Å². The molecule has 0 N–H and O–H groups in total. The molecular formula is C22H21N7. The van der Waals surface area contributed by atoms with Crippen LogP contribution in [0.25, 0.3) is 22.0 Å². The van der Waals surface area contributed by atoms with Crippen molar-refractivity contribution in [1.29, 1.82) is 0 Å². The Labute approximate surface area is 169 Å². The SMILES string of the molecule is c1cnc(N2CCCN(c3nncc(-c4ccc5ccccc5c4)n3)CC2)nc1. The molecule has 7 heteroatoms. The van der Waals surface area contributed by atoms with E-state index in [-0.39, 0.29) is 0 Å². The maximum absolute atomic E-state index is 4.82. The van der Waals surface area contributed by atoms with E-state index in [1.165, 1.54) is 10.8 Å². The van der Waals surface area contributed by atoms with Gasteiger partial charge in [0.15, 0.2) is 0 Å². The zero-order valence-electron chi connectivity index (χ0n) is 16.0. The van der Waals surface area contributed by atoms with Gasteiger partial charge in [0.05, 0.1) is 11.9 Å². The van der Waals surface area contributed by atoms with Gasteiger partial charge in [0, 0.05) is 44.1 Å². The Hall–Kier alpha value is -3.61.